The molecule has 1 aliphatic heterocycles. The van der Waals surface area contributed by atoms with E-state index in [-0.39, 0.29) is 30.1 Å². The number of ether oxygens (including phenoxy) is 3. The normalized spacial score (nSPS) is 17.0. The van der Waals surface area contributed by atoms with Gasteiger partial charge in [0.1, 0.15) is 5.60 Å². The molecule has 0 aliphatic carbocycles. The number of carbonyl (C=O) groups excluding carboxylic acids is 1. The molecule has 0 saturated carbocycles. The summed E-state index contributed by atoms with van der Waals surface area (Å²) in [6.07, 6.45) is 1.66. The van der Waals surface area contributed by atoms with Crippen molar-refractivity contribution in [3.8, 4) is 0 Å². The zero-order valence-corrected chi connectivity index (χ0v) is 20.4. The molecule has 0 aromatic rings. The Hall–Kier alpha value is -0.810. The fraction of sp³-hybridized carbons (Fsp3) is 0.895. The van der Waals surface area contributed by atoms with E-state index in [1.165, 1.54) is 0 Å². The maximum Gasteiger partial charge on any atom is 0.410 e. The Morgan fingerprint density at radius 1 is 1.32 bits per heavy atom. The lowest BCUT2D eigenvalue weighted by Crippen LogP contribution is -2.43. The van der Waals surface area contributed by atoms with Gasteiger partial charge in [-0.2, -0.15) is 0 Å². The molecule has 0 bridgehead atoms. The second kappa shape index (κ2) is 15.1. The quantitative estimate of drug-likeness (QED) is 0.202. The third-order valence-corrected chi connectivity index (χ3v) is 3.88. The Morgan fingerprint density at radius 3 is 2.68 bits per heavy atom. The fourth-order valence-electron chi connectivity index (χ4n) is 2.44. The van der Waals surface area contributed by atoms with Crippen molar-refractivity contribution in [1.29, 1.82) is 0 Å². The van der Waals surface area contributed by atoms with Gasteiger partial charge in [-0.05, 0) is 40.5 Å². The number of likely N-dealkylation sites (N-methyl/N-ethyl adjacent to an activating group) is 1. The van der Waals surface area contributed by atoms with Gasteiger partial charge in [0.2, 0.25) is 0 Å². The van der Waals surface area contributed by atoms with E-state index >= 15 is 0 Å². The zero-order valence-electron chi connectivity index (χ0n) is 18.1. The molecule has 1 aliphatic rings. The number of carbonyl (C=O) groups is 1. The number of aliphatic imine (C=N–C) groups is 1. The van der Waals surface area contributed by atoms with E-state index in [9.17, 15) is 4.79 Å². The van der Waals surface area contributed by atoms with Gasteiger partial charge >= 0.3 is 6.09 Å². The van der Waals surface area contributed by atoms with Crippen LogP contribution in [0.2, 0.25) is 0 Å². The molecule has 0 aromatic heterocycles. The van der Waals surface area contributed by atoms with Gasteiger partial charge in [-0.1, -0.05) is 0 Å². The number of guanidine groups is 1. The highest BCUT2D eigenvalue weighted by Gasteiger charge is 2.19. The molecular weight excluding hydrogens is 475 g/mol. The summed E-state index contributed by atoms with van der Waals surface area (Å²) in [5.74, 6) is 1.30. The van der Waals surface area contributed by atoms with Crippen LogP contribution in [-0.2, 0) is 14.2 Å². The Kier molecular flexibility index (Phi) is 14.6. The van der Waals surface area contributed by atoms with Crippen molar-refractivity contribution in [2.24, 2.45) is 10.9 Å². The van der Waals surface area contributed by atoms with Gasteiger partial charge in [0.15, 0.2) is 5.96 Å². The van der Waals surface area contributed by atoms with E-state index in [1.54, 1.807) is 11.9 Å². The first-order chi connectivity index (χ1) is 12.8. The summed E-state index contributed by atoms with van der Waals surface area (Å²) >= 11 is 0. The van der Waals surface area contributed by atoms with Gasteiger partial charge < -0.3 is 29.7 Å². The maximum atomic E-state index is 11.9. The van der Waals surface area contributed by atoms with Crippen molar-refractivity contribution in [3.63, 3.8) is 0 Å². The van der Waals surface area contributed by atoms with Crippen LogP contribution in [0.3, 0.4) is 0 Å². The van der Waals surface area contributed by atoms with Crippen LogP contribution in [0, 0.1) is 5.92 Å². The molecule has 2 N–H and O–H groups in total. The van der Waals surface area contributed by atoms with E-state index in [0.29, 0.717) is 32.2 Å². The Bertz CT molecular complexity index is 452. The zero-order chi connectivity index (χ0) is 20.1. The predicted octanol–water partition coefficient (Wildman–Crippen LogP) is 2.47. The molecule has 1 rings (SSSR count). The molecule has 0 radical (unpaired) electrons. The Morgan fingerprint density at radius 2 is 2.07 bits per heavy atom. The highest BCUT2D eigenvalue weighted by atomic mass is 127. The van der Waals surface area contributed by atoms with E-state index < -0.39 is 5.60 Å². The summed E-state index contributed by atoms with van der Waals surface area (Å²) < 4.78 is 16.4. The fourth-order valence-corrected chi connectivity index (χ4v) is 2.44. The molecule has 9 heteroatoms. The van der Waals surface area contributed by atoms with Crippen LogP contribution in [0.5, 0.6) is 0 Å². The third-order valence-electron chi connectivity index (χ3n) is 3.88. The van der Waals surface area contributed by atoms with Crippen molar-refractivity contribution in [2.75, 3.05) is 59.7 Å². The van der Waals surface area contributed by atoms with E-state index in [4.69, 9.17) is 14.2 Å². The molecular formula is C19H39IN4O4. The Labute approximate surface area is 187 Å². The van der Waals surface area contributed by atoms with Crippen molar-refractivity contribution in [2.45, 2.75) is 46.1 Å². The average Bonchev–Trinajstić information content (AvgIpc) is 3.09. The topological polar surface area (TPSA) is 84.4 Å². The molecule has 1 unspecified atom stereocenters. The molecule has 1 fully saturated rings. The molecule has 1 amide bonds. The molecule has 1 atom stereocenters. The van der Waals surface area contributed by atoms with Gasteiger partial charge in [-0.25, -0.2) is 4.79 Å². The number of hydrogen-bond donors (Lipinski definition) is 2. The minimum atomic E-state index is -0.484. The summed E-state index contributed by atoms with van der Waals surface area (Å²) in [6.45, 7) is 13.4. The molecule has 166 valence electrons. The van der Waals surface area contributed by atoms with Gasteiger partial charge in [0.05, 0.1) is 13.2 Å². The summed E-state index contributed by atoms with van der Waals surface area (Å²) in [7, 11) is 1.73. The second-order valence-corrected chi connectivity index (χ2v) is 7.75. The number of nitrogens with zero attached hydrogens (tertiary/aromatic N) is 2. The summed E-state index contributed by atoms with van der Waals surface area (Å²) in [4.78, 5) is 18.0. The first-order valence-electron chi connectivity index (χ1n) is 9.93. The van der Waals surface area contributed by atoms with E-state index in [1.807, 2.05) is 27.7 Å². The average molecular weight is 514 g/mol. The molecule has 0 spiro atoms. The highest BCUT2D eigenvalue weighted by molar-refractivity contribution is 14.0. The van der Waals surface area contributed by atoms with Crippen LogP contribution in [0.1, 0.15) is 40.5 Å². The van der Waals surface area contributed by atoms with Crippen LogP contribution < -0.4 is 10.6 Å². The molecule has 28 heavy (non-hydrogen) atoms. The molecule has 0 aromatic carbocycles. The minimum Gasteiger partial charge on any atom is -0.444 e. The summed E-state index contributed by atoms with van der Waals surface area (Å²) in [5.41, 5.74) is -0.484. The van der Waals surface area contributed by atoms with E-state index in [0.717, 1.165) is 45.2 Å². The van der Waals surface area contributed by atoms with Gasteiger partial charge in [-0.15, -0.1) is 24.0 Å². The number of amides is 1. The summed E-state index contributed by atoms with van der Waals surface area (Å²) in [6, 6.07) is 0. The highest BCUT2D eigenvalue weighted by Crippen LogP contribution is 2.12. The lowest BCUT2D eigenvalue weighted by atomic mass is 10.1. The lowest BCUT2D eigenvalue weighted by molar-refractivity contribution is 0.0302. The van der Waals surface area contributed by atoms with Crippen LogP contribution in [0.4, 0.5) is 4.79 Å². The lowest BCUT2D eigenvalue weighted by Gasteiger charge is -2.24. The monoisotopic (exact) mass is 514 g/mol. The first kappa shape index (κ1) is 27.2. The maximum absolute atomic E-state index is 11.9. The van der Waals surface area contributed by atoms with Gasteiger partial charge in [0, 0.05) is 52.4 Å². The second-order valence-electron chi connectivity index (χ2n) is 7.75. The van der Waals surface area contributed by atoms with Crippen LogP contribution in [-0.4, -0.2) is 82.2 Å². The van der Waals surface area contributed by atoms with Gasteiger partial charge in [0.25, 0.3) is 0 Å². The van der Waals surface area contributed by atoms with E-state index in [2.05, 4.69) is 15.6 Å². The number of halogens is 1. The minimum absolute atomic E-state index is 0. The number of rotatable bonds is 10. The number of nitrogens with one attached hydrogen (secondary N) is 2. The predicted molar refractivity (Wildman–Crippen MR) is 123 cm³/mol. The van der Waals surface area contributed by atoms with Crippen molar-refractivity contribution >= 4 is 36.0 Å². The largest absolute Gasteiger partial charge is 0.444 e. The van der Waals surface area contributed by atoms with Crippen LogP contribution in [0.15, 0.2) is 4.99 Å². The van der Waals surface area contributed by atoms with Crippen molar-refractivity contribution in [3.05, 3.63) is 0 Å². The third kappa shape index (κ3) is 13.4. The smallest absolute Gasteiger partial charge is 0.410 e. The Balaban J connectivity index is 0.00000729. The van der Waals surface area contributed by atoms with Crippen LogP contribution >= 0.6 is 24.0 Å². The standard InChI is InChI=1S/C19H38N4O4.HI/c1-6-20-17(21-9-7-12-25-14-16-8-13-26-15-16)22-10-11-23(5)18(24)27-19(2,3)4;/h16H,6-15H2,1-5H3,(H2,20,21,22);1H. The first-order valence-corrected chi connectivity index (χ1v) is 9.93. The summed E-state index contributed by atoms with van der Waals surface area (Å²) in [5, 5.41) is 6.44. The molecule has 1 saturated heterocycles. The van der Waals surface area contributed by atoms with Gasteiger partial charge in [-0.3, -0.25) is 4.99 Å². The molecule has 8 nitrogen and oxygen atoms in total. The van der Waals surface area contributed by atoms with Crippen molar-refractivity contribution in [1.82, 2.24) is 15.5 Å². The van der Waals surface area contributed by atoms with Crippen molar-refractivity contribution < 1.29 is 19.0 Å². The molecule has 1 heterocycles. The SMILES string of the molecule is CCNC(=NCCCOCC1CCOC1)NCCN(C)C(=O)OC(C)(C)C.I. The number of hydrogen-bond acceptors (Lipinski definition) is 5. The van der Waals surface area contributed by atoms with Crippen LogP contribution in [0.25, 0.3) is 0 Å².